The number of ketones is 1. The molecular weight excluding hydrogens is 260 g/mol. The molecular formula is C19H18O2. The third kappa shape index (κ3) is 2.15. The molecule has 106 valence electrons. The van der Waals surface area contributed by atoms with Crippen LogP contribution < -0.4 is 0 Å². The first-order chi connectivity index (χ1) is 10.3. The number of para-hydroxylation sites is 1. The van der Waals surface area contributed by atoms with Crippen LogP contribution in [0.25, 0.3) is 21.9 Å². The molecule has 1 aliphatic rings. The molecule has 1 saturated carbocycles. The molecule has 0 saturated heterocycles. The van der Waals surface area contributed by atoms with Crippen molar-refractivity contribution in [2.24, 2.45) is 5.92 Å². The minimum atomic E-state index is 0.217. The lowest BCUT2D eigenvalue weighted by atomic mass is 9.83. The number of carbonyl (C=O) groups excluding carboxylic acids is 1. The second-order valence-corrected chi connectivity index (χ2v) is 6.01. The van der Waals surface area contributed by atoms with Crippen LogP contribution >= 0.6 is 0 Å². The molecule has 1 heterocycles. The van der Waals surface area contributed by atoms with Gasteiger partial charge in [-0.3, -0.25) is 4.79 Å². The van der Waals surface area contributed by atoms with Gasteiger partial charge in [0.2, 0.25) is 0 Å². The van der Waals surface area contributed by atoms with Gasteiger partial charge < -0.3 is 4.42 Å². The van der Waals surface area contributed by atoms with E-state index < -0.39 is 0 Å². The van der Waals surface area contributed by atoms with Crippen LogP contribution in [-0.2, 0) is 0 Å². The molecule has 2 aromatic carbocycles. The maximum atomic E-state index is 12.7. The fourth-order valence-electron chi connectivity index (χ4n) is 3.48. The quantitative estimate of drug-likeness (QED) is 0.591. The van der Waals surface area contributed by atoms with Crippen LogP contribution in [0.4, 0.5) is 0 Å². The summed E-state index contributed by atoms with van der Waals surface area (Å²) in [6.45, 7) is 0. The summed E-state index contributed by atoms with van der Waals surface area (Å²) in [5, 5.41) is 2.14. The van der Waals surface area contributed by atoms with Gasteiger partial charge in [0, 0.05) is 22.3 Å². The summed E-state index contributed by atoms with van der Waals surface area (Å²) in [6, 6.07) is 13.9. The van der Waals surface area contributed by atoms with E-state index in [1.165, 1.54) is 19.3 Å². The summed E-state index contributed by atoms with van der Waals surface area (Å²) in [4.78, 5) is 12.7. The topological polar surface area (TPSA) is 30.2 Å². The van der Waals surface area contributed by atoms with E-state index in [-0.39, 0.29) is 5.92 Å². The van der Waals surface area contributed by atoms with Crippen molar-refractivity contribution in [2.45, 2.75) is 32.1 Å². The van der Waals surface area contributed by atoms with Crippen molar-refractivity contribution in [2.75, 3.05) is 0 Å². The molecule has 0 amide bonds. The van der Waals surface area contributed by atoms with E-state index in [9.17, 15) is 4.79 Å². The predicted molar refractivity (Wildman–Crippen MR) is 84.6 cm³/mol. The molecule has 3 aromatic rings. The zero-order valence-corrected chi connectivity index (χ0v) is 12.0. The van der Waals surface area contributed by atoms with Crippen molar-refractivity contribution in [1.82, 2.24) is 0 Å². The summed E-state index contributed by atoms with van der Waals surface area (Å²) in [6.07, 6.45) is 5.74. The molecule has 0 aliphatic heterocycles. The first-order valence-electron chi connectivity index (χ1n) is 7.78. The van der Waals surface area contributed by atoms with Crippen molar-refractivity contribution in [3.63, 3.8) is 0 Å². The van der Waals surface area contributed by atoms with Crippen molar-refractivity contribution in [3.05, 3.63) is 48.0 Å². The lowest BCUT2D eigenvalue weighted by molar-refractivity contribution is 0.0889. The summed E-state index contributed by atoms with van der Waals surface area (Å²) >= 11 is 0. The summed E-state index contributed by atoms with van der Waals surface area (Å²) < 4.78 is 5.82. The lowest BCUT2D eigenvalue weighted by Gasteiger charge is -2.20. The first kappa shape index (κ1) is 12.6. The number of benzene rings is 2. The monoisotopic (exact) mass is 278 g/mol. The summed E-state index contributed by atoms with van der Waals surface area (Å²) in [5.41, 5.74) is 2.58. The molecule has 0 N–H and O–H groups in total. The zero-order chi connectivity index (χ0) is 14.2. The molecule has 1 fully saturated rings. The van der Waals surface area contributed by atoms with Gasteiger partial charge in [-0.05, 0) is 37.1 Å². The largest absolute Gasteiger partial charge is 0.456 e. The van der Waals surface area contributed by atoms with Crippen LogP contribution in [0.5, 0.6) is 0 Å². The van der Waals surface area contributed by atoms with E-state index in [0.717, 1.165) is 40.3 Å². The smallest absolute Gasteiger partial charge is 0.165 e. The maximum absolute atomic E-state index is 12.7. The Morgan fingerprint density at radius 3 is 2.52 bits per heavy atom. The average Bonchev–Trinajstić information content (AvgIpc) is 2.93. The van der Waals surface area contributed by atoms with E-state index in [0.29, 0.717) is 5.78 Å². The van der Waals surface area contributed by atoms with Crippen LogP contribution in [-0.4, -0.2) is 5.78 Å². The Morgan fingerprint density at radius 1 is 0.905 bits per heavy atom. The molecule has 4 rings (SSSR count). The van der Waals surface area contributed by atoms with Crippen molar-refractivity contribution in [3.8, 4) is 0 Å². The Bertz CT molecular complexity index is 807. The standard InChI is InChI=1S/C19H18O2/c20-19(13-6-2-1-3-7-13)14-10-11-18-16(12-14)15-8-4-5-9-17(15)21-18/h4-5,8-13H,1-3,6-7H2. The SMILES string of the molecule is O=C(c1ccc2oc3ccccc3c2c1)C1CCCCC1. The predicted octanol–water partition coefficient (Wildman–Crippen LogP) is 5.35. The van der Waals surface area contributed by atoms with E-state index >= 15 is 0 Å². The highest BCUT2D eigenvalue weighted by atomic mass is 16.3. The van der Waals surface area contributed by atoms with Gasteiger partial charge in [-0.1, -0.05) is 37.5 Å². The Kier molecular flexibility index (Phi) is 3.03. The van der Waals surface area contributed by atoms with Gasteiger partial charge in [-0.15, -0.1) is 0 Å². The molecule has 2 nitrogen and oxygen atoms in total. The minimum absolute atomic E-state index is 0.217. The van der Waals surface area contributed by atoms with Gasteiger partial charge in [0.05, 0.1) is 0 Å². The Hall–Kier alpha value is -2.09. The normalized spacial score (nSPS) is 16.6. The Labute approximate surface area is 123 Å². The highest BCUT2D eigenvalue weighted by Gasteiger charge is 2.22. The summed E-state index contributed by atoms with van der Waals surface area (Å²) in [5.74, 6) is 0.524. The summed E-state index contributed by atoms with van der Waals surface area (Å²) in [7, 11) is 0. The third-order valence-electron chi connectivity index (χ3n) is 4.64. The highest BCUT2D eigenvalue weighted by Crippen LogP contribution is 2.31. The van der Waals surface area contributed by atoms with E-state index in [4.69, 9.17) is 4.42 Å². The molecule has 0 spiro atoms. The van der Waals surface area contributed by atoms with Crippen molar-refractivity contribution >= 4 is 27.7 Å². The number of hydrogen-bond donors (Lipinski definition) is 0. The van der Waals surface area contributed by atoms with Gasteiger partial charge >= 0.3 is 0 Å². The van der Waals surface area contributed by atoms with Crippen LogP contribution in [0.1, 0.15) is 42.5 Å². The molecule has 1 aliphatic carbocycles. The van der Waals surface area contributed by atoms with Gasteiger partial charge in [0.25, 0.3) is 0 Å². The average molecular weight is 278 g/mol. The number of Topliss-reactive ketones (excluding diaryl/α,β-unsaturated/α-hetero) is 1. The van der Waals surface area contributed by atoms with Gasteiger partial charge in [0.15, 0.2) is 5.78 Å². The van der Waals surface area contributed by atoms with E-state index in [2.05, 4.69) is 6.07 Å². The molecule has 0 radical (unpaired) electrons. The number of rotatable bonds is 2. The van der Waals surface area contributed by atoms with Gasteiger partial charge in [-0.2, -0.15) is 0 Å². The molecule has 2 heteroatoms. The number of hydrogen-bond acceptors (Lipinski definition) is 2. The molecule has 0 unspecified atom stereocenters. The molecule has 21 heavy (non-hydrogen) atoms. The van der Waals surface area contributed by atoms with E-state index in [1.807, 2.05) is 36.4 Å². The number of fused-ring (bicyclic) bond motifs is 3. The maximum Gasteiger partial charge on any atom is 0.165 e. The third-order valence-corrected chi connectivity index (χ3v) is 4.64. The van der Waals surface area contributed by atoms with Gasteiger partial charge in [-0.25, -0.2) is 0 Å². The Balaban J connectivity index is 1.78. The fourth-order valence-corrected chi connectivity index (χ4v) is 3.48. The van der Waals surface area contributed by atoms with Crippen molar-refractivity contribution in [1.29, 1.82) is 0 Å². The lowest BCUT2D eigenvalue weighted by Crippen LogP contribution is -2.17. The second kappa shape index (κ2) is 5.03. The Morgan fingerprint density at radius 2 is 1.67 bits per heavy atom. The van der Waals surface area contributed by atoms with Crippen LogP contribution in [0.2, 0.25) is 0 Å². The first-order valence-corrected chi connectivity index (χ1v) is 7.78. The minimum Gasteiger partial charge on any atom is -0.456 e. The van der Waals surface area contributed by atoms with Crippen LogP contribution in [0, 0.1) is 5.92 Å². The highest BCUT2D eigenvalue weighted by molar-refractivity contribution is 6.08. The van der Waals surface area contributed by atoms with Gasteiger partial charge in [0.1, 0.15) is 11.2 Å². The number of furan rings is 1. The van der Waals surface area contributed by atoms with E-state index in [1.54, 1.807) is 0 Å². The van der Waals surface area contributed by atoms with Crippen LogP contribution in [0.3, 0.4) is 0 Å². The number of carbonyl (C=O) groups is 1. The second-order valence-electron chi connectivity index (χ2n) is 6.01. The molecule has 0 bridgehead atoms. The zero-order valence-electron chi connectivity index (χ0n) is 12.0. The fraction of sp³-hybridized carbons (Fsp3) is 0.316. The molecule has 0 atom stereocenters. The van der Waals surface area contributed by atoms with Crippen molar-refractivity contribution < 1.29 is 9.21 Å². The van der Waals surface area contributed by atoms with Crippen LogP contribution in [0.15, 0.2) is 46.9 Å². The molecule has 1 aromatic heterocycles.